The Morgan fingerprint density at radius 2 is 1.68 bits per heavy atom. The Hall–Kier alpha value is -0.163. The largest absolute Gasteiger partial charge is 0.322 e. The summed E-state index contributed by atoms with van der Waals surface area (Å²) in [7, 11) is 0. The summed E-state index contributed by atoms with van der Waals surface area (Å²) >= 11 is 0. The third kappa shape index (κ3) is 3.12. The van der Waals surface area contributed by atoms with Gasteiger partial charge in [-0.05, 0) is 30.7 Å². The Bertz CT molecular complexity index is 591. The van der Waals surface area contributed by atoms with Gasteiger partial charge in [-0.1, -0.05) is 24.3 Å². The molecular formula is C16H14NYZn-. The molecule has 0 atom stereocenters. The van der Waals surface area contributed by atoms with Crippen LogP contribution in [0.3, 0.4) is 0 Å². The first-order chi connectivity index (χ1) is 8.18. The first-order valence-corrected chi connectivity index (χ1v) is 5.85. The zero-order valence-electron chi connectivity index (χ0n) is 11.4. The van der Waals surface area contributed by atoms with Crippen molar-refractivity contribution in [1.29, 1.82) is 0 Å². The van der Waals surface area contributed by atoms with Crippen molar-refractivity contribution in [3.8, 4) is 0 Å². The quantitative estimate of drug-likeness (QED) is 0.535. The van der Waals surface area contributed by atoms with Gasteiger partial charge in [-0.15, -0.1) is 35.9 Å². The minimum Gasteiger partial charge on any atom is -0.322 e. The van der Waals surface area contributed by atoms with Crippen molar-refractivity contribution in [2.24, 2.45) is 4.99 Å². The molecule has 1 radical (unpaired) electrons. The zero-order chi connectivity index (χ0) is 11.9. The number of hydrogen-bond acceptors (Lipinski definition) is 1. The molecule has 1 aliphatic rings. The molecule has 0 aromatic heterocycles. The van der Waals surface area contributed by atoms with Crippen molar-refractivity contribution >= 4 is 5.71 Å². The van der Waals surface area contributed by atoms with E-state index in [1.807, 2.05) is 18.2 Å². The topological polar surface area (TPSA) is 12.4 Å². The van der Waals surface area contributed by atoms with Crippen LogP contribution in [0.15, 0.2) is 53.5 Å². The number of rotatable bonds is 1. The second-order valence-corrected chi connectivity index (χ2v) is 4.84. The maximum absolute atomic E-state index is 4.84. The first-order valence-electron chi connectivity index (χ1n) is 5.85. The van der Waals surface area contributed by atoms with Crippen LogP contribution < -0.4 is 0 Å². The van der Waals surface area contributed by atoms with E-state index in [1.54, 1.807) is 0 Å². The van der Waals surface area contributed by atoms with E-state index in [-0.39, 0.29) is 57.7 Å². The van der Waals surface area contributed by atoms with Gasteiger partial charge in [0.05, 0.1) is 5.54 Å². The van der Waals surface area contributed by atoms with Crippen LogP contribution in [-0.2, 0) is 57.7 Å². The van der Waals surface area contributed by atoms with Crippen molar-refractivity contribution in [2.45, 2.75) is 19.4 Å². The van der Waals surface area contributed by atoms with Gasteiger partial charge in [-0.3, -0.25) is 0 Å². The Kier molecular flexibility index (Phi) is 5.80. The van der Waals surface area contributed by atoms with Gasteiger partial charge >= 0.3 is 0 Å². The molecule has 3 rings (SSSR count). The summed E-state index contributed by atoms with van der Waals surface area (Å²) in [6.45, 7) is 4.31. The molecule has 1 heterocycles. The van der Waals surface area contributed by atoms with E-state index in [0.717, 1.165) is 11.3 Å². The summed E-state index contributed by atoms with van der Waals surface area (Å²) < 4.78 is 0. The molecule has 3 heteroatoms. The van der Waals surface area contributed by atoms with Crippen LogP contribution in [0.1, 0.15) is 30.5 Å². The van der Waals surface area contributed by atoms with E-state index in [2.05, 4.69) is 50.2 Å². The summed E-state index contributed by atoms with van der Waals surface area (Å²) in [5.74, 6) is 0. The smallest absolute Gasteiger partial charge is 0.0700 e. The van der Waals surface area contributed by atoms with Gasteiger partial charge in [0.1, 0.15) is 0 Å². The molecule has 19 heavy (non-hydrogen) atoms. The summed E-state index contributed by atoms with van der Waals surface area (Å²) in [5, 5.41) is 0. The monoisotopic (exact) mass is 373 g/mol. The molecule has 0 saturated heterocycles. The Balaban J connectivity index is 0.000000902. The van der Waals surface area contributed by atoms with Crippen LogP contribution in [0.25, 0.3) is 0 Å². The first kappa shape index (κ1) is 16.9. The predicted octanol–water partition coefficient (Wildman–Crippen LogP) is 3.57. The van der Waals surface area contributed by atoms with Gasteiger partial charge in [0.2, 0.25) is 0 Å². The number of fused-ring (bicyclic) bond motifs is 1. The number of nitrogens with zero attached hydrogens (tertiary/aromatic N) is 1. The molecular weight excluding hydrogens is 360 g/mol. The molecule has 0 aliphatic carbocycles. The summed E-state index contributed by atoms with van der Waals surface area (Å²) in [6, 6.07) is 19.7. The summed E-state index contributed by atoms with van der Waals surface area (Å²) in [4.78, 5) is 4.84. The van der Waals surface area contributed by atoms with Gasteiger partial charge in [0.15, 0.2) is 0 Å². The second-order valence-electron chi connectivity index (χ2n) is 4.84. The molecule has 0 fully saturated rings. The van der Waals surface area contributed by atoms with Crippen LogP contribution in [0.4, 0.5) is 0 Å². The van der Waals surface area contributed by atoms with Gasteiger partial charge < -0.3 is 4.99 Å². The average Bonchev–Trinajstić information content (AvgIpc) is 2.64. The molecule has 0 amide bonds. The van der Waals surface area contributed by atoms with Crippen LogP contribution >= 0.6 is 0 Å². The van der Waals surface area contributed by atoms with Crippen molar-refractivity contribution < 1.29 is 52.2 Å². The normalized spacial score (nSPS) is 14.7. The fraction of sp³-hybridized carbons (Fsp3) is 0.188. The fourth-order valence-corrected chi connectivity index (χ4v) is 2.37. The molecule has 0 saturated carbocycles. The number of aliphatic imine (C=N–C) groups is 1. The molecule has 0 N–H and O–H groups in total. The third-order valence-electron chi connectivity index (χ3n) is 3.20. The van der Waals surface area contributed by atoms with Gasteiger partial charge in [0.25, 0.3) is 0 Å². The molecule has 89 valence electrons. The van der Waals surface area contributed by atoms with E-state index in [9.17, 15) is 0 Å². The average molecular weight is 375 g/mol. The minimum atomic E-state index is -0.129. The molecule has 0 bridgehead atoms. The Labute approximate surface area is 152 Å². The number of benzene rings is 2. The Morgan fingerprint density at radius 3 is 2.37 bits per heavy atom. The minimum absolute atomic E-state index is 0. The van der Waals surface area contributed by atoms with Gasteiger partial charge in [-0.2, -0.15) is 0 Å². The van der Waals surface area contributed by atoms with Crippen LogP contribution in [0.2, 0.25) is 0 Å². The maximum atomic E-state index is 4.84. The van der Waals surface area contributed by atoms with Gasteiger partial charge in [0, 0.05) is 52.2 Å². The second kappa shape index (κ2) is 6.53. The zero-order valence-corrected chi connectivity index (χ0v) is 17.2. The molecule has 1 aliphatic heterocycles. The molecule has 2 aromatic rings. The fourth-order valence-electron chi connectivity index (χ4n) is 2.37. The number of hydrogen-bond donors (Lipinski definition) is 0. The predicted molar refractivity (Wildman–Crippen MR) is 70.4 cm³/mol. The molecule has 0 unspecified atom stereocenters. The van der Waals surface area contributed by atoms with E-state index >= 15 is 0 Å². The SMILES string of the molecule is CC1(C)N=C(c2[c-]cccc2)c2ccccc21.[Y].[Zn]. The molecule has 1 nitrogen and oxygen atoms in total. The van der Waals surface area contributed by atoms with Crippen molar-refractivity contribution in [3.05, 3.63) is 71.3 Å². The maximum Gasteiger partial charge on any atom is 0.0700 e. The van der Waals surface area contributed by atoms with Crippen molar-refractivity contribution in [2.75, 3.05) is 0 Å². The van der Waals surface area contributed by atoms with E-state index in [0.29, 0.717) is 0 Å². The third-order valence-corrected chi connectivity index (χ3v) is 3.20. The van der Waals surface area contributed by atoms with Crippen LogP contribution in [0.5, 0.6) is 0 Å². The van der Waals surface area contributed by atoms with Crippen molar-refractivity contribution in [1.82, 2.24) is 0 Å². The van der Waals surface area contributed by atoms with Crippen LogP contribution in [-0.4, -0.2) is 5.71 Å². The van der Waals surface area contributed by atoms with Gasteiger partial charge in [-0.25, -0.2) is 0 Å². The standard InChI is InChI=1S/C16H14N.Y.Zn/c1-16(2)14-11-7-6-10-13(14)15(17-16)12-8-4-3-5-9-12;;/h3-8,10-11H,1-2H3;;/q-1;;. The van der Waals surface area contributed by atoms with E-state index in [1.165, 1.54) is 11.1 Å². The van der Waals surface area contributed by atoms with E-state index in [4.69, 9.17) is 4.99 Å². The Morgan fingerprint density at radius 1 is 1.00 bits per heavy atom. The van der Waals surface area contributed by atoms with Crippen molar-refractivity contribution in [3.63, 3.8) is 0 Å². The molecule has 2 aromatic carbocycles. The van der Waals surface area contributed by atoms with E-state index < -0.39 is 0 Å². The summed E-state index contributed by atoms with van der Waals surface area (Å²) in [6.07, 6.45) is 0. The summed E-state index contributed by atoms with van der Waals surface area (Å²) in [5.41, 5.74) is 4.54. The molecule has 0 spiro atoms. The van der Waals surface area contributed by atoms with Crippen LogP contribution in [0, 0.1) is 6.07 Å².